The molecule has 0 saturated carbocycles. The van der Waals surface area contributed by atoms with E-state index in [0.717, 1.165) is 29.7 Å². The van der Waals surface area contributed by atoms with E-state index in [-0.39, 0.29) is 10.8 Å². The van der Waals surface area contributed by atoms with E-state index in [1.165, 1.54) is 30.2 Å². The van der Waals surface area contributed by atoms with Crippen molar-refractivity contribution in [2.75, 3.05) is 27.3 Å². The number of piperidine rings is 1. The largest absolute Gasteiger partial charge is 0.493 e. The number of rotatable bonds is 5. The molecule has 1 aromatic heterocycles. The number of methoxy groups -OCH3 is 2. The molecule has 0 amide bonds. The van der Waals surface area contributed by atoms with Crippen molar-refractivity contribution in [2.45, 2.75) is 30.6 Å². The van der Waals surface area contributed by atoms with Crippen LogP contribution in [0, 0.1) is 6.92 Å². The van der Waals surface area contributed by atoms with Crippen molar-refractivity contribution in [1.82, 2.24) is 14.3 Å². The third kappa shape index (κ3) is 3.70. The minimum Gasteiger partial charge on any atom is -0.493 e. The Morgan fingerprint density at radius 2 is 1.76 bits per heavy atom. The Bertz CT molecular complexity index is 1130. The second-order valence-corrected chi connectivity index (χ2v) is 9.28. The molecule has 0 atom stereocenters. The van der Waals surface area contributed by atoms with Crippen molar-refractivity contribution < 1.29 is 17.9 Å². The van der Waals surface area contributed by atoms with Gasteiger partial charge in [-0.15, -0.1) is 0 Å². The van der Waals surface area contributed by atoms with Crippen LogP contribution in [0.5, 0.6) is 11.5 Å². The van der Waals surface area contributed by atoms with Crippen LogP contribution in [0.15, 0.2) is 41.3 Å². The summed E-state index contributed by atoms with van der Waals surface area (Å²) < 4.78 is 38.2. The maximum atomic E-state index is 13.1. The van der Waals surface area contributed by atoms with Gasteiger partial charge in [-0.2, -0.15) is 4.31 Å². The Labute approximate surface area is 170 Å². The molecule has 4 rings (SSSR count). The van der Waals surface area contributed by atoms with Gasteiger partial charge in [-0.3, -0.25) is 0 Å². The lowest BCUT2D eigenvalue weighted by Crippen LogP contribution is -2.38. The van der Waals surface area contributed by atoms with Gasteiger partial charge in [0.05, 0.1) is 30.1 Å². The van der Waals surface area contributed by atoms with Gasteiger partial charge < -0.3 is 14.5 Å². The van der Waals surface area contributed by atoms with Gasteiger partial charge in [0.15, 0.2) is 11.5 Å². The van der Waals surface area contributed by atoms with E-state index in [1.807, 2.05) is 12.1 Å². The molecular weight excluding hydrogens is 390 g/mol. The smallest absolute Gasteiger partial charge is 0.243 e. The molecule has 0 spiro atoms. The highest BCUT2D eigenvalue weighted by Gasteiger charge is 2.31. The zero-order valence-electron chi connectivity index (χ0n) is 16.8. The summed E-state index contributed by atoms with van der Waals surface area (Å²) in [6.45, 7) is 2.96. The molecule has 1 fully saturated rings. The van der Waals surface area contributed by atoms with Crippen molar-refractivity contribution in [3.63, 3.8) is 0 Å². The van der Waals surface area contributed by atoms with E-state index in [0.29, 0.717) is 24.6 Å². The van der Waals surface area contributed by atoms with Crippen LogP contribution in [0.4, 0.5) is 0 Å². The number of sulfonamides is 1. The summed E-state index contributed by atoms with van der Waals surface area (Å²) in [5, 5.41) is 0. The number of fused-ring (bicyclic) bond motifs is 1. The molecular formula is C21H25N3O4S. The highest BCUT2D eigenvalue weighted by Crippen LogP contribution is 2.34. The van der Waals surface area contributed by atoms with E-state index in [9.17, 15) is 8.42 Å². The van der Waals surface area contributed by atoms with Crippen molar-refractivity contribution in [3.05, 3.63) is 47.8 Å². The first-order valence-electron chi connectivity index (χ1n) is 9.61. The van der Waals surface area contributed by atoms with Crippen molar-refractivity contribution in [2.24, 2.45) is 0 Å². The first kappa shape index (κ1) is 19.7. The average Bonchev–Trinajstić information content (AvgIpc) is 3.16. The molecule has 1 aliphatic heterocycles. The molecule has 1 saturated heterocycles. The third-order valence-corrected chi connectivity index (χ3v) is 7.38. The Morgan fingerprint density at radius 3 is 2.45 bits per heavy atom. The lowest BCUT2D eigenvalue weighted by atomic mass is 9.97. The molecule has 0 unspecified atom stereocenters. The van der Waals surface area contributed by atoms with Crippen molar-refractivity contribution in [3.8, 4) is 11.5 Å². The molecule has 2 heterocycles. The fraction of sp³-hybridized carbons (Fsp3) is 0.381. The Balaban J connectivity index is 1.51. The van der Waals surface area contributed by atoms with E-state index in [1.54, 1.807) is 12.1 Å². The van der Waals surface area contributed by atoms with E-state index in [4.69, 9.17) is 14.5 Å². The van der Waals surface area contributed by atoms with Crippen LogP contribution in [-0.4, -0.2) is 50.0 Å². The number of benzene rings is 2. The monoisotopic (exact) mass is 415 g/mol. The summed E-state index contributed by atoms with van der Waals surface area (Å²) in [6, 6.07) is 10.8. The van der Waals surface area contributed by atoms with Crippen LogP contribution in [0.1, 0.15) is 30.1 Å². The zero-order valence-corrected chi connectivity index (χ0v) is 17.6. The second-order valence-electron chi connectivity index (χ2n) is 7.34. The number of nitrogens with zero attached hydrogens (tertiary/aromatic N) is 2. The number of hydrogen-bond donors (Lipinski definition) is 1. The molecule has 0 aliphatic carbocycles. The predicted octanol–water partition coefficient (Wildman–Crippen LogP) is 3.46. The second kappa shape index (κ2) is 7.68. The first-order valence-corrected chi connectivity index (χ1v) is 11.0. The number of aromatic amines is 1. The van der Waals surface area contributed by atoms with Gasteiger partial charge in [0.25, 0.3) is 0 Å². The fourth-order valence-electron chi connectivity index (χ4n) is 3.83. The van der Waals surface area contributed by atoms with Crippen LogP contribution >= 0.6 is 0 Å². The standard InChI is InChI=1S/C21H25N3O4S/c1-14-4-6-17-18(12-14)23-21(22-17)15-8-10-24(11-9-15)29(25,26)16-5-7-19(27-2)20(13-16)28-3/h4-7,12-13,15H,8-11H2,1-3H3,(H,22,23). The molecule has 154 valence electrons. The fourth-order valence-corrected chi connectivity index (χ4v) is 5.32. The molecule has 0 radical (unpaired) electrons. The van der Waals surface area contributed by atoms with Gasteiger partial charge in [-0.1, -0.05) is 6.07 Å². The Hall–Kier alpha value is -2.58. The Morgan fingerprint density at radius 1 is 1.03 bits per heavy atom. The number of ether oxygens (including phenoxy) is 2. The van der Waals surface area contributed by atoms with Crippen LogP contribution in [0.3, 0.4) is 0 Å². The molecule has 1 aliphatic rings. The number of nitrogens with one attached hydrogen (secondary N) is 1. The number of aromatic nitrogens is 2. The minimum atomic E-state index is -3.59. The summed E-state index contributed by atoms with van der Waals surface area (Å²) in [4.78, 5) is 8.34. The lowest BCUT2D eigenvalue weighted by Gasteiger charge is -2.30. The quantitative estimate of drug-likeness (QED) is 0.690. The average molecular weight is 416 g/mol. The SMILES string of the molecule is COc1ccc(S(=O)(=O)N2CCC(c3nc4ccc(C)cc4[nH]3)CC2)cc1OC. The van der Waals surface area contributed by atoms with E-state index in [2.05, 4.69) is 18.0 Å². The topological polar surface area (TPSA) is 84.5 Å². The maximum absolute atomic E-state index is 13.1. The molecule has 8 heteroatoms. The molecule has 1 N–H and O–H groups in total. The van der Waals surface area contributed by atoms with Gasteiger partial charge in [0.2, 0.25) is 10.0 Å². The van der Waals surface area contributed by atoms with Gasteiger partial charge in [-0.25, -0.2) is 13.4 Å². The predicted molar refractivity (Wildman–Crippen MR) is 111 cm³/mol. The summed E-state index contributed by atoms with van der Waals surface area (Å²) >= 11 is 0. The summed E-state index contributed by atoms with van der Waals surface area (Å²) in [6.07, 6.45) is 1.46. The summed E-state index contributed by atoms with van der Waals surface area (Å²) in [5.41, 5.74) is 3.16. The summed E-state index contributed by atoms with van der Waals surface area (Å²) in [5.74, 6) is 2.07. The molecule has 3 aromatic rings. The number of H-pyrrole nitrogens is 1. The van der Waals surface area contributed by atoms with Crippen LogP contribution in [0.2, 0.25) is 0 Å². The number of imidazole rings is 1. The van der Waals surface area contributed by atoms with Crippen LogP contribution in [0.25, 0.3) is 11.0 Å². The Kier molecular flexibility index (Phi) is 5.23. The van der Waals surface area contributed by atoms with Gasteiger partial charge in [0.1, 0.15) is 5.82 Å². The van der Waals surface area contributed by atoms with Crippen molar-refractivity contribution >= 4 is 21.1 Å². The number of hydrogen-bond acceptors (Lipinski definition) is 5. The molecule has 29 heavy (non-hydrogen) atoms. The normalized spacial score (nSPS) is 16.2. The van der Waals surface area contributed by atoms with Crippen LogP contribution < -0.4 is 9.47 Å². The summed E-state index contributed by atoms with van der Waals surface area (Å²) in [7, 11) is -0.570. The van der Waals surface area contributed by atoms with E-state index < -0.39 is 10.0 Å². The number of aryl methyl sites for hydroxylation is 1. The molecule has 7 nitrogen and oxygen atoms in total. The van der Waals surface area contributed by atoms with E-state index >= 15 is 0 Å². The molecule has 2 aromatic carbocycles. The lowest BCUT2D eigenvalue weighted by molar-refractivity contribution is 0.314. The van der Waals surface area contributed by atoms with Crippen LogP contribution in [-0.2, 0) is 10.0 Å². The van der Waals surface area contributed by atoms with Crippen molar-refractivity contribution in [1.29, 1.82) is 0 Å². The third-order valence-electron chi connectivity index (χ3n) is 5.49. The van der Waals surface area contributed by atoms with Gasteiger partial charge in [-0.05, 0) is 49.6 Å². The molecule has 0 bridgehead atoms. The zero-order chi connectivity index (χ0) is 20.6. The first-order chi connectivity index (χ1) is 13.9. The minimum absolute atomic E-state index is 0.216. The highest BCUT2D eigenvalue weighted by atomic mass is 32.2. The van der Waals surface area contributed by atoms with Gasteiger partial charge in [0, 0.05) is 25.1 Å². The highest BCUT2D eigenvalue weighted by molar-refractivity contribution is 7.89. The van der Waals surface area contributed by atoms with Gasteiger partial charge >= 0.3 is 0 Å². The maximum Gasteiger partial charge on any atom is 0.243 e.